The van der Waals surface area contributed by atoms with E-state index in [1.165, 1.54) is 75.2 Å². The predicted molar refractivity (Wildman–Crippen MR) is 170 cm³/mol. The highest BCUT2D eigenvalue weighted by molar-refractivity contribution is 7.26. The number of rotatable bonds is 1. The number of aromatic nitrogens is 1. The minimum Gasteiger partial charge on any atom is -0.458 e. The van der Waals surface area contributed by atoms with Gasteiger partial charge in [0.05, 0.1) is 5.52 Å². The first kappa shape index (κ1) is 21.1. The van der Waals surface area contributed by atoms with Crippen molar-refractivity contribution in [2.45, 2.75) is 0 Å². The third-order valence-corrected chi connectivity index (χ3v) is 10.1. The molecule has 4 heterocycles. The topological polar surface area (TPSA) is 14.2 Å². The van der Waals surface area contributed by atoms with Gasteiger partial charge in [0.15, 0.2) is 0 Å². The van der Waals surface area contributed by atoms with Crippen LogP contribution in [0.5, 0.6) is 11.5 Å². The lowest BCUT2D eigenvalue weighted by Gasteiger charge is -2.33. The highest BCUT2D eigenvalue weighted by Crippen LogP contribution is 2.42. The van der Waals surface area contributed by atoms with Gasteiger partial charge in [-0.3, -0.25) is 0 Å². The molecule has 2 aromatic heterocycles. The second-order valence-corrected chi connectivity index (χ2v) is 11.9. The van der Waals surface area contributed by atoms with Crippen LogP contribution in [0.1, 0.15) is 0 Å². The van der Waals surface area contributed by atoms with Gasteiger partial charge in [0.1, 0.15) is 11.5 Å². The van der Waals surface area contributed by atoms with Gasteiger partial charge in [-0.15, -0.1) is 11.3 Å². The number of thiophene rings is 1. The lowest BCUT2D eigenvalue weighted by atomic mass is 9.34. The third kappa shape index (κ3) is 2.55. The minimum absolute atomic E-state index is 0.129. The van der Waals surface area contributed by atoms with Crippen molar-refractivity contribution in [3.05, 3.63) is 121 Å². The minimum atomic E-state index is 0.129. The largest absolute Gasteiger partial charge is 0.458 e. The van der Waals surface area contributed by atoms with Gasteiger partial charge in [-0.05, 0) is 57.8 Å². The van der Waals surface area contributed by atoms with Gasteiger partial charge in [0.2, 0.25) is 0 Å². The quantitative estimate of drug-likeness (QED) is 0.200. The number of ether oxygens (including phenoxy) is 1. The lowest BCUT2D eigenvalue weighted by molar-refractivity contribution is 0.487. The zero-order chi connectivity index (χ0) is 25.9. The van der Waals surface area contributed by atoms with E-state index in [-0.39, 0.29) is 6.71 Å². The van der Waals surface area contributed by atoms with E-state index >= 15 is 0 Å². The van der Waals surface area contributed by atoms with Gasteiger partial charge in [0, 0.05) is 42.1 Å². The Hall–Kier alpha value is -4.80. The van der Waals surface area contributed by atoms with E-state index in [2.05, 4.69) is 126 Å². The molecule has 2 aliphatic rings. The first-order valence-corrected chi connectivity index (χ1v) is 14.5. The van der Waals surface area contributed by atoms with Crippen molar-refractivity contribution in [3.8, 4) is 28.3 Å². The van der Waals surface area contributed by atoms with E-state index in [0.717, 1.165) is 11.5 Å². The number of hydrogen-bond donors (Lipinski definition) is 0. The molecule has 0 radical (unpaired) electrons. The van der Waals surface area contributed by atoms with Crippen LogP contribution in [-0.4, -0.2) is 11.3 Å². The van der Waals surface area contributed by atoms with Crippen molar-refractivity contribution in [1.82, 2.24) is 4.57 Å². The number of nitrogens with zero attached hydrogens (tertiary/aromatic N) is 1. The molecular formula is C36H20BNOS. The molecule has 0 spiro atoms. The van der Waals surface area contributed by atoms with Crippen molar-refractivity contribution in [2.24, 2.45) is 0 Å². The average molecular weight is 525 g/mol. The maximum atomic E-state index is 6.75. The smallest absolute Gasteiger partial charge is 0.256 e. The molecule has 40 heavy (non-hydrogen) atoms. The van der Waals surface area contributed by atoms with Crippen LogP contribution < -0.4 is 21.1 Å². The van der Waals surface area contributed by atoms with Gasteiger partial charge in [-0.2, -0.15) is 0 Å². The molecule has 0 saturated carbocycles. The molecule has 2 nitrogen and oxygen atoms in total. The fourth-order valence-electron chi connectivity index (χ4n) is 7.24. The van der Waals surface area contributed by atoms with E-state index in [1.807, 2.05) is 11.3 Å². The van der Waals surface area contributed by atoms with Crippen LogP contribution in [0.3, 0.4) is 0 Å². The Kier molecular flexibility index (Phi) is 3.92. The SMILES string of the molecule is c1cc2c3c(c1)-n1c4ccccc4c4cccc(c41)B3c1ccc(-c3cccc4c3sc3ccccc34)cc1O2. The summed E-state index contributed by atoms with van der Waals surface area (Å²) >= 11 is 1.87. The van der Waals surface area contributed by atoms with Gasteiger partial charge in [0.25, 0.3) is 6.71 Å². The molecule has 2 aliphatic heterocycles. The predicted octanol–water partition coefficient (Wildman–Crippen LogP) is 7.75. The zero-order valence-corrected chi connectivity index (χ0v) is 22.2. The van der Waals surface area contributed by atoms with E-state index in [4.69, 9.17) is 4.74 Å². The highest BCUT2D eigenvalue weighted by atomic mass is 32.1. The Morgan fingerprint density at radius 3 is 2.38 bits per heavy atom. The summed E-state index contributed by atoms with van der Waals surface area (Å²) in [5.74, 6) is 1.90. The summed E-state index contributed by atoms with van der Waals surface area (Å²) in [5.41, 5.74) is 10.1. The van der Waals surface area contributed by atoms with Crippen LogP contribution in [0.2, 0.25) is 0 Å². The Balaban J connectivity index is 1.24. The fourth-order valence-corrected chi connectivity index (χ4v) is 8.47. The van der Waals surface area contributed by atoms with Gasteiger partial charge < -0.3 is 9.30 Å². The molecule has 0 saturated heterocycles. The fraction of sp³-hybridized carbons (Fsp3) is 0. The standard InChI is InChI=1S/C36H20BNOS/c1-3-14-29-23(8-1)25-11-6-13-28-35(25)38(29)30-15-7-16-31-34(30)37(28)27-19-18-21(20-32(27)39-31)22-10-5-12-26-24-9-2-4-17-33(24)40-36(22)26/h1-20H. The monoisotopic (exact) mass is 525 g/mol. The molecule has 6 aromatic carbocycles. The van der Waals surface area contributed by atoms with Crippen molar-refractivity contribution >= 4 is 76.4 Å². The van der Waals surface area contributed by atoms with Crippen LogP contribution in [-0.2, 0) is 0 Å². The Morgan fingerprint density at radius 1 is 0.600 bits per heavy atom. The molecule has 4 heteroatoms. The first-order valence-electron chi connectivity index (χ1n) is 13.7. The molecule has 0 fully saturated rings. The van der Waals surface area contributed by atoms with E-state index in [9.17, 15) is 0 Å². The highest BCUT2D eigenvalue weighted by Gasteiger charge is 2.40. The summed E-state index contributed by atoms with van der Waals surface area (Å²) in [5, 5.41) is 5.25. The molecule has 0 bridgehead atoms. The van der Waals surface area contributed by atoms with Gasteiger partial charge in [-0.1, -0.05) is 91.0 Å². The molecule has 0 N–H and O–H groups in total. The molecule has 0 amide bonds. The molecule has 184 valence electrons. The van der Waals surface area contributed by atoms with Crippen LogP contribution in [0.25, 0.3) is 58.8 Å². The first-order chi connectivity index (χ1) is 19.8. The van der Waals surface area contributed by atoms with Crippen LogP contribution in [0.15, 0.2) is 121 Å². The average Bonchev–Trinajstić information content (AvgIpc) is 3.56. The number of benzene rings is 6. The molecular weight excluding hydrogens is 505 g/mol. The normalized spacial score (nSPS) is 13.2. The van der Waals surface area contributed by atoms with Crippen molar-refractivity contribution < 1.29 is 4.74 Å². The summed E-state index contributed by atoms with van der Waals surface area (Å²) in [7, 11) is 0. The van der Waals surface area contributed by atoms with Crippen molar-refractivity contribution in [3.63, 3.8) is 0 Å². The zero-order valence-electron chi connectivity index (χ0n) is 21.4. The molecule has 0 unspecified atom stereocenters. The Morgan fingerprint density at radius 2 is 1.40 bits per heavy atom. The number of para-hydroxylation sites is 2. The number of fused-ring (bicyclic) bond motifs is 10. The summed E-state index contributed by atoms with van der Waals surface area (Å²) in [4.78, 5) is 0. The third-order valence-electron chi connectivity index (χ3n) is 8.87. The van der Waals surface area contributed by atoms with Gasteiger partial charge >= 0.3 is 0 Å². The molecule has 0 aliphatic carbocycles. The van der Waals surface area contributed by atoms with E-state index < -0.39 is 0 Å². The van der Waals surface area contributed by atoms with Gasteiger partial charge in [-0.25, -0.2) is 0 Å². The lowest BCUT2D eigenvalue weighted by Crippen LogP contribution is -2.58. The van der Waals surface area contributed by atoms with Crippen LogP contribution >= 0.6 is 11.3 Å². The Labute approximate surface area is 234 Å². The maximum absolute atomic E-state index is 6.75. The van der Waals surface area contributed by atoms with E-state index in [0.29, 0.717) is 0 Å². The van der Waals surface area contributed by atoms with Crippen LogP contribution in [0.4, 0.5) is 0 Å². The summed E-state index contributed by atoms with van der Waals surface area (Å²) in [6, 6.07) is 44.3. The summed E-state index contributed by atoms with van der Waals surface area (Å²) in [6.45, 7) is 0.129. The number of hydrogen-bond acceptors (Lipinski definition) is 2. The summed E-state index contributed by atoms with van der Waals surface area (Å²) in [6.07, 6.45) is 0. The van der Waals surface area contributed by atoms with Crippen LogP contribution in [0, 0.1) is 0 Å². The molecule has 8 aromatic rings. The second-order valence-electron chi connectivity index (χ2n) is 10.9. The van der Waals surface area contributed by atoms with Crippen molar-refractivity contribution in [2.75, 3.05) is 0 Å². The van der Waals surface area contributed by atoms with Crippen molar-refractivity contribution in [1.29, 1.82) is 0 Å². The maximum Gasteiger partial charge on any atom is 0.256 e. The van der Waals surface area contributed by atoms with E-state index in [1.54, 1.807) is 0 Å². The summed E-state index contributed by atoms with van der Waals surface area (Å²) < 4.78 is 11.8. The molecule has 10 rings (SSSR count). The molecule has 0 atom stereocenters. The Bertz CT molecular complexity index is 2380. The second kappa shape index (κ2) is 7.44.